The molecule has 0 aromatic heterocycles. The summed E-state index contributed by atoms with van der Waals surface area (Å²) >= 11 is 0. The molecule has 2 fully saturated rings. The fraction of sp³-hybridized carbons (Fsp3) is 0.400. The zero-order valence-electron chi connectivity index (χ0n) is 16.5. The van der Waals surface area contributed by atoms with Crippen LogP contribution in [0.5, 0.6) is 5.75 Å². The van der Waals surface area contributed by atoms with Crippen molar-refractivity contribution in [3.63, 3.8) is 0 Å². The fourth-order valence-electron chi connectivity index (χ4n) is 5.07. The first-order valence-corrected chi connectivity index (χ1v) is 10.5. The van der Waals surface area contributed by atoms with Gasteiger partial charge in [0.05, 0.1) is 0 Å². The fourth-order valence-corrected chi connectivity index (χ4v) is 5.07. The number of carbonyl (C=O) groups excluding carboxylic acids is 1. The standard InChI is InChI=1S/C25H27NO2/c1-18-6-2-5-9-23(18)28-17-24(27)26-14-12-25(13-15-26)21-8-4-3-7-20(21)16-22(25)19-10-11-19/h2-9,16,19H,10-15,17H2,1H3. The zero-order chi connectivity index (χ0) is 19.1. The van der Waals surface area contributed by atoms with Crippen LogP contribution in [0.1, 0.15) is 42.4 Å². The Labute approximate surface area is 167 Å². The second kappa shape index (κ2) is 6.80. The van der Waals surface area contributed by atoms with Gasteiger partial charge >= 0.3 is 0 Å². The predicted molar refractivity (Wildman–Crippen MR) is 111 cm³/mol. The molecule has 1 amide bonds. The number of nitrogens with zero attached hydrogens (tertiary/aromatic N) is 1. The average Bonchev–Trinajstić information content (AvgIpc) is 3.52. The molecule has 3 aliphatic rings. The number of benzene rings is 2. The van der Waals surface area contributed by atoms with Crippen LogP contribution in [0.25, 0.3) is 6.08 Å². The maximum absolute atomic E-state index is 12.7. The molecular formula is C25H27NO2. The molecule has 1 saturated heterocycles. The highest BCUT2D eigenvalue weighted by molar-refractivity contribution is 5.78. The van der Waals surface area contributed by atoms with Crippen LogP contribution in [0, 0.1) is 12.8 Å². The number of likely N-dealkylation sites (tertiary alicyclic amines) is 1. The lowest BCUT2D eigenvalue weighted by atomic mass is 9.69. The van der Waals surface area contributed by atoms with Crippen LogP contribution < -0.4 is 4.74 Å². The van der Waals surface area contributed by atoms with E-state index in [9.17, 15) is 4.79 Å². The SMILES string of the molecule is Cc1ccccc1OCC(=O)N1CCC2(CC1)C(C1CC1)=Cc1ccccc12. The molecule has 0 N–H and O–H groups in total. The molecule has 1 saturated carbocycles. The van der Waals surface area contributed by atoms with Crippen LogP contribution in [0.2, 0.25) is 0 Å². The largest absolute Gasteiger partial charge is 0.484 e. The van der Waals surface area contributed by atoms with Crippen molar-refractivity contribution in [2.45, 2.75) is 38.0 Å². The molecule has 2 aromatic carbocycles. The first-order chi connectivity index (χ1) is 13.7. The summed E-state index contributed by atoms with van der Waals surface area (Å²) in [6, 6.07) is 16.7. The lowest BCUT2D eigenvalue weighted by molar-refractivity contribution is -0.134. The minimum atomic E-state index is 0.0985. The maximum atomic E-state index is 12.7. The van der Waals surface area contributed by atoms with Crippen LogP contribution in [0.3, 0.4) is 0 Å². The third-order valence-electron chi connectivity index (χ3n) is 6.77. The van der Waals surface area contributed by atoms with E-state index < -0.39 is 0 Å². The van der Waals surface area contributed by atoms with Gasteiger partial charge in [0.25, 0.3) is 5.91 Å². The van der Waals surface area contributed by atoms with Crippen LogP contribution >= 0.6 is 0 Å². The van der Waals surface area contributed by atoms with Gasteiger partial charge in [0, 0.05) is 18.5 Å². The number of aryl methyl sites for hydroxylation is 1. The normalized spacial score (nSPS) is 20.0. The van der Waals surface area contributed by atoms with Gasteiger partial charge in [-0.05, 0) is 61.3 Å². The van der Waals surface area contributed by atoms with E-state index in [4.69, 9.17) is 4.74 Å². The summed E-state index contributed by atoms with van der Waals surface area (Å²) in [6.07, 6.45) is 7.17. The lowest BCUT2D eigenvalue weighted by Gasteiger charge is -2.42. The van der Waals surface area contributed by atoms with Crippen LogP contribution in [-0.2, 0) is 10.2 Å². The van der Waals surface area contributed by atoms with Crippen LogP contribution in [-0.4, -0.2) is 30.5 Å². The van der Waals surface area contributed by atoms with Crippen molar-refractivity contribution in [3.8, 4) is 5.75 Å². The Balaban J connectivity index is 1.28. The number of ether oxygens (including phenoxy) is 1. The van der Waals surface area contributed by atoms with E-state index >= 15 is 0 Å². The van der Waals surface area contributed by atoms with Gasteiger partial charge in [-0.1, -0.05) is 54.1 Å². The Morgan fingerprint density at radius 3 is 2.54 bits per heavy atom. The third kappa shape index (κ3) is 2.94. The molecule has 3 nitrogen and oxygen atoms in total. The number of allylic oxidation sites excluding steroid dienone is 1. The number of amides is 1. The van der Waals surface area contributed by atoms with Crippen molar-refractivity contribution < 1.29 is 9.53 Å². The van der Waals surface area contributed by atoms with Crippen molar-refractivity contribution in [2.24, 2.45) is 5.92 Å². The molecule has 5 rings (SSSR count). The highest BCUT2D eigenvalue weighted by Gasteiger charge is 2.48. The van der Waals surface area contributed by atoms with Gasteiger partial charge in [-0.25, -0.2) is 0 Å². The van der Waals surface area contributed by atoms with E-state index in [1.165, 1.54) is 24.0 Å². The zero-order valence-corrected chi connectivity index (χ0v) is 16.5. The first kappa shape index (κ1) is 17.5. The Hall–Kier alpha value is -2.55. The molecule has 1 heterocycles. The molecule has 0 atom stereocenters. The van der Waals surface area contributed by atoms with Crippen molar-refractivity contribution >= 4 is 12.0 Å². The summed E-state index contributed by atoms with van der Waals surface area (Å²) in [6.45, 7) is 3.76. The summed E-state index contributed by atoms with van der Waals surface area (Å²) in [5.41, 5.74) is 5.74. The van der Waals surface area contributed by atoms with E-state index in [1.54, 1.807) is 5.57 Å². The maximum Gasteiger partial charge on any atom is 0.260 e. The average molecular weight is 373 g/mol. The molecule has 2 aromatic rings. The molecular weight excluding hydrogens is 346 g/mol. The van der Waals surface area contributed by atoms with E-state index in [2.05, 4.69) is 30.3 Å². The van der Waals surface area contributed by atoms with Gasteiger partial charge in [0.15, 0.2) is 6.61 Å². The number of hydrogen-bond donors (Lipinski definition) is 0. The molecule has 0 radical (unpaired) electrons. The number of fused-ring (bicyclic) bond motifs is 2. The van der Waals surface area contributed by atoms with E-state index in [-0.39, 0.29) is 17.9 Å². The van der Waals surface area contributed by atoms with Crippen LogP contribution in [0.4, 0.5) is 0 Å². The van der Waals surface area contributed by atoms with E-state index in [0.717, 1.165) is 43.2 Å². The van der Waals surface area contributed by atoms with Crippen molar-refractivity contribution in [2.75, 3.05) is 19.7 Å². The van der Waals surface area contributed by atoms with Crippen LogP contribution in [0.15, 0.2) is 54.1 Å². The van der Waals surface area contributed by atoms with Crippen molar-refractivity contribution in [3.05, 3.63) is 70.8 Å². The monoisotopic (exact) mass is 373 g/mol. The molecule has 3 heteroatoms. The highest BCUT2D eigenvalue weighted by atomic mass is 16.5. The molecule has 2 aliphatic carbocycles. The predicted octanol–water partition coefficient (Wildman–Crippen LogP) is 4.74. The molecule has 0 bridgehead atoms. The summed E-state index contributed by atoms with van der Waals surface area (Å²) < 4.78 is 5.79. The number of rotatable bonds is 4. The van der Waals surface area contributed by atoms with Gasteiger partial charge in [-0.3, -0.25) is 4.79 Å². The van der Waals surface area contributed by atoms with E-state index in [0.29, 0.717) is 0 Å². The summed E-state index contributed by atoms with van der Waals surface area (Å²) in [4.78, 5) is 14.7. The highest BCUT2D eigenvalue weighted by Crippen LogP contribution is 2.56. The van der Waals surface area contributed by atoms with Gasteiger partial charge < -0.3 is 9.64 Å². The van der Waals surface area contributed by atoms with Gasteiger partial charge in [-0.15, -0.1) is 0 Å². The number of carbonyl (C=O) groups is 1. The summed E-state index contributed by atoms with van der Waals surface area (Å²) in [5.74, 6) is 1.66. The van der Waals surface area contributed by atoms with Gasteiger partial charge in [0.1, 0.15) is 5.75 Å². The van der Waals surface area contributed by atoms with Crippen molar-refractivity contribution in [1.29, 1.82) is 0 Å². The molecule has 28 heavy (non-hydrogen) atoms. The topological polar surface area (TPSA) is 29.5 Å². The summed E-state index contributed by atoms with van der Waals surface area (Å²) in [7, 11) is 0. The second-order valence-corrected chi connectivity index (χ2v) is 8.48. The number of para-hydroxylation sites is 1. The van der Waals surface area contributed by atoms with E-state index in [1.807, 2.05) is 36.1 Å². The minimum Gasteiger partial charge on any atom is -0.484 e. The third-order valence-corrected chi connectivity index (χ3v) is 6.77. The van der Waals surface area contributed by atoms with Gasteiger partial charge in [0.2, 0.25) is 0 Å². The first-order valence-electron chi connectivity index (χ1n) is 10.5. The smallest absolute Gasteiger partial charge is 0.260 e. The Bertz CT molecular complexity index is 933. The minimum absolute atomic E-state index is 0.0985. The Kier molecular flexibility index (Phi) is 4.26. The molecule has 144 valence electrons. The Morgan fingerprint density at radius 2 is 1.79 bits per heavy atom. The second-order valence-electron chi connectivity index (χ2n) is 8.48. The Morgan fingerprint density at radius 1 is 1.07 bits per heavy atom. The summed E-state index contributed by atoms with van der Waals surface area (Å²) in [5, 5.41) is 0. The quantitative estimate of drug-likeness (QED) is 0.775. The lowest BCUT2D eigenvalue weighted by Crippen LogP contribution is -2.47. The molecule has 1 aliphatic heterocycles. The van der Waals surface area contributed by atoms with Crippen molar-refractivity contribution in [1.82, 2.24) is 4.90 Å². The number of piperidine rings is 1. The van der Waals surface area contributed by atoms with Gasteiger partial charge in [-0.2, -0.15) is 0 Å². The molecule has 1 spiro atoms. The molecule has 0 unspecified atom stereocenters. The number of hydrogen-bond acceptors (Lipinski definition) is 2.